The first kappa shape index (κ1) is 22.9. The molecule has 0 saturated carbocycles. The number of nitrogens with zero attached hydrogens (tertiary/aromatic N) is 1. The van der Waals surface area contributed by atoms with Gasteiger partial charge in [-0.1, -0.05) is 48.5 Å². The molecule has 2 aromatic carbocycles. The zero-order chi connectivity index (χ0) is 23.1. The van der Waals surface area contributed by atoms with Gasteiger partial charge in [-0.25, -0.2) is 4.79 Å². The maximum atomic E-state index is 12.7. The van der Waals surface area contributed by atoms with Crippen LogP contribution >= 0.6 is 0 Å². The summed E-state index contributed by atoms with van der Waals surface area (Å²) in [5.74, 6) is 4.00. The van der Waals surface area contributed by atoms with Crippen molar-refractivity contribution in [2.45, 2.75) is 31.7 Å². The van der Waals surface area contributed by atoms with Crippen LogP contribution in [-0.2, 0) is 14.3 Å². The van der Waals surface area contributed by atoms with Crippen molar-refractivity contribution in [3.8, 4) is 23.0 Å². The minimum absolute atomic E-state index is 0.0383. The van der Waals surface area contributed by atoms with Crippen molar-refractivity contribution in [1.29, 1.82) is 0 Å². The van der Waals surface area contributed by atoms with Crippen molar-refractivity contribution in [3.63, 3.8) is 0 Å². The Balaban J connectivity index is 1.66. The van der Waals surface area contributed by atoms with Crippen molar-refractivity contribution in [2.75, 3.05) is 20.2 Å². The molecular formula is C25H26N2O5. The maximum absolute atomic E-state index is 12.7. The Morgan fingerprint density at radius 2 is 1.69 bits per heavy atom. The molecule has 0 heterocycles. The SMILES string of the molecule is CC#CCC(NC(=O)OCC1c2ccccc2-c2ccccc21)C(=O)N(C)CCC(=O)O. The first-order valence-corrected chi connectivity index (χ1v) is 10.4. The molecule has 0 spiro atoms. The molecular weight excluding hydrogens is 408 g/mol. The Hall–Kier alpha value is -3.79. The van der Waals surface area contributed by atoms with Gasteiger partial charge in [0.05, 0.1) is 6.42 Å². The summed E-state index contributed by atoms with van der Waals surface area (Å²) in [5, 5.41) is 11.4. The molecule has 0 bridgehead atoms. The van der Waals surface area contributed by atoms with Gasteiger partial charge in [-0.2, -0.15) is 0 Å². The Morgan fingerprint density at radius 1 is 1.09 bits per heavy atom. The highest BCUT2D eigenvalue weighted by atomic mass is 16.5. The second-order valence-corrected chi connectivity index (χ2v) is 7.56. The highest BCUT2D eigenvalue weighted by Gasteiger charge is 2.30. The van der Waals surface area contributed by atoms with Crippen LogP contribution in [0.5, 0.6) is 0 Å². The number of amides is 2. The number of ether oxygens (including phenoxy) is 1. The molecule has 1 aliphatic carbocycles. The van der Waals surface area contributed by atoms with Crippen LogP contribution in [0.1, 0.15) is 36.8 Å². The van der Waals surface area contributed by atoms with Crippen molar-refractivity contribution in [2.24, 2.45) is 0 Å². The summed E-state index contributed by atoms with van der Waals surface area (Å²) in [5.41, 5.74) is 4.45. The number of benzene rings is 2. The number of alkyl carbamates (subject to hydrolysis) is 1. The monoisotopic (exact) mass is 434 g/mol. The summed E-state index contributed by atoms with van der Waals surface area (Å²) in [6.07, 6.45) is -0.786. The van der Waals surface area contributed by atoms with E-state index >= 15 is 0 Å². The van der Waals surface area contributed by atoms with E-state index in [4.69, 9.17) is 9.84 Å². The molecule has 1 atom stereocenters. The lowest BCUT2D eigenvalue weighted by molar-refractivity contribution is -0.138. The van der Waals surface area contributed by atoms with Gasteiger partial charge in [0, 0.05) is 25.9 Å². The van der Waals surface area contributed by atoms with E-state index in [1.807, 2.05) is 36.4 Å². The summed E-state index contributed by atoms with van der Waals surface area (Å²) in [6.45, 7) is 1.81. The first-order valence-electron chi connectivity index (χ1n) is 10.4. The van der Waals surface area contributed by atoms with Crippen molar-refractivity contribution < 1.29 is 24.2 Å². The zero-order valence-corrected chi connectivity index (χ0v) is 18.1. The quantitative estimate of drug-likeness (QED) is 0.622. The molecule has 2 amide bonds. The van der Waals surface area contributed by atoms with Crippen LogP contribution in [0, 0.1) is 11.8 Å². The summed E-state index contributed by atoms with van der Waals surface area (Å²) < 4.78 is 5.52. The van der Waals surface area contributed by atoms with E-state index in [9.17, 15) is 14.4 Å². The molecule has 7 nitrogen and oxygen atoms in total. The van der Waals surface area contributed by atoms with Crippen molar-refractivity contribution in [3.05, 3.63) is 59.7 Å². The Morgan fingerprint density at radius 3 is 2.25 bits per heavy atom. The predicted octanol–water partition coefficient (Wildman–Crippen LogP) is 3.24. The topological polar surface area (TPSA) is 95.9 Å². The maximum Gasteiger partial charge on any atom is 0.407 e. The van der Waals surface area contributed by atoms with E-state index in [2.05, 4.69) is 29.3 Å². The van der Waals surface area contributed by atoms with Gasteiger partial charge in [-0.3, -0.25) is 9.59 Å². The fourth-order valence-electron chi connectivity index (χ4n) is 3.83. The minimum Gasteiger partial charge on any atom is -0.481 e. The third-order valence-corrected chi connectivity index (χ3v) is 5.45. The summed E-state index contributed by atoms with van der Waals surface area (Å²) >= 11 is 0. The number of carbonyl (C=O) groups is 3. The van der Waals surface area contributed by atoms with E-state index < -0.39 is 24.0 Å². The second-order valence-electron chi connectivity index (χ2n) is 7.56. The smallest absolute Gasteiger partial charge is 0.407 e. The van der Waals surface area contributed by atoms with Gasteiger partial charge in [0.1, 0.15) is 12.6 Å². The third kappa shape index (κ3) is 5.27. The summed E-state index contributed by atoms with van der Waals surface area (Å²) in [7, 11) is 1.50. The second kappa shape index (κ2) is 10.5. The van der Waals surface area contributed by atoms with Gasteiger partial charge in [0.2, 0.25) is 5.91 Å². The first-order chi connectivity index (χ1) is 15.4. The van der Waals surface area contributed by atoms with Crippen LogP contribution in [0.2, 0.25) is 0 Å². The highest BCUT2D eigenvalue weighted by molar-refractivity contribution is 5.86. The predicted molar refractivity (Wildman–Crippen MR) is 120 cm³/mol. The van der Waals surface area contributed by atoms with Crippen molar-refractivity contribution in [1.82, 2.24) is 10.2 Å². The Kier molecular flexibility index (Phi) is 7.50. The molecule has 0 aromatic heterocycles. The normalized spacial score (nSPS) is 12.6. The van der Waals surface area contributed by atoms with Gasteiger partial charge in [0.25, 0.3) is 0 Å². The molecule has 1 aliphatic rings. The van der Waals surface area contributed by atoms with Crippen molar-refractivity contribution >= 4 is 18.0 Å². The number of nitrogens with one attached hydrogen (secondary N) is 1. The Labute approximate surface area is 187 Å². The number of aliphatic carboxylic acids is 1. The number of fused-ring (bicyclic) bond motifs is 3. The van der Waals surface area contributed by atoms with Crippen LogP contribution in [0.4, 0.5) is 4.79 Å². The molecule has 3 rings (SSSR count). The third-order valence-electron chi connectivity index (χ3n) is 5.45. The molecule has 1 unspecified atom stereocenters. The molecule has 32 heavy (non-hydrogen) atoms. The van der Waals surface area contributed by atoms with Crippen LogP contribution in [0.3, 0.4) is 0 Å². The van der Waals surface area contributed by atoms with E-state index in [0.717, 1.165) is 22.3 Å². The molecule has 0 saturated heterocycles. The van der Waals surface area contributed by atoms with Gasteiger partial charge in [-0.05, 0) is 29.2 Å². The molecule has 7 heteroatoms. The highest BCUT2D eigenvalue weighted by Crippen LogP contribution is 2.44. The van der Waals surface area contributed by atoms with Gasteiger partial charge >= 0.3 is 12.1 Å². The molecule has 0 aliphatic heterocycles. The van der Waals surface area contributed by atoms with E-state index in [0.29, 0.717) is 0 Å². The number of rotatable bonds is 8. The largest absolute Gasteiger partial charge is 0.481 e. The number of carboxylic acids is 1. The number of hydrogen-bond donors (Lipinski definition) is 2. The van der Waals surface area contributed by atoms with Gasteiger partial charge < -0.3 is 20.1 Å². The zero-order valence-electron chi connectivity index (χ0n) is 18.1. The van der Waals surface area contributed by atoms with Crippen LogP contribution < -0.4 is 5.32 Å². The molecule has 0 fully saturated rings. The number of likely N-dealkylation sites (N-methyl/N-ethyl adjacent to an activating group) is 1. The minimum atomic E-state index is -1.00. The summed E-state index contributed by atoms with van der Waals surface area (Å²) in [4.78, 5) is 37.3. The molecule has 166 valence electrons. The number of carbonyl (C=O) groups excluding carboxylic acids is 2. The van der Waals surface area contributed by atoms with E-state index in [-0.39, 0.29) is 31.9 Å². The molecule has 2 aromatic rings. The van der Waals surface area contributed by atoms with E-state index in [1.54, 1.807) is 6.92 Å². The van der Waals surface area contributed by atoms with Crippen LogP contribution in [0.15, 0.2) is 48.5 Å². The number of hydrogen-bond acceptors (Lipinski definition) is 4. The average Bonchev–Trinajstić information content (AvgIpc) is 3.12. The Bertz CT molecular complexity index is 1020. The van der Waals surface area contributed by atoms with Crippen LogP contribution in [-0.4, -0.2) is 54.2 Å². The lowest BCUT2D eigenvalue weighted by Gasteiger charge is -2.23. The van der Waals surface area contributed by atoms with Crippen LogP contribution in [0.25, 0.3) is 11.1 Å². The number of carboxylic acid groups (broad SMARTS) is 1. The summed E-state index contributed by atoms with van der Waals surface area (Å²) in [6, 6.07) is 15.1. The fourth-order valence-corrected chi connectivity index (χ4v) is 3.83. The molecule has 2 N–H and O–H groups in total. The van der Waals surface area contributed by atoms with E-state index in [1.165, 1.54) is 11.9 Å². The standard InChI is InChI=1S/C25H26N2O5/c1-3-4-13-22(24(30)27(2)15-14-23(28)29)26-25(31)32-16-21-19-11-7-5-9-17(19)18-10-6-8-12-20(18)21/h5-12,21-22H,13-16H2,1-2H3,(H,26,31)(H,28,29). The lowest BCUT2D eigenvalue weighted by Crippen LogP contribution is -2.48. The van der Waals surface area contributed by atoms with Gasteiger partial charge in [0.15, 0.2) is 0 Å². The molecule has 0 radical (unpaired) electrons. The fraction of sp³-hybridized carbons (Fsp3) is 0.320. The average molecular weight is 434 g/mol. The van der Waals surface area contributed by atoms with Gasteiger partial charge in [-0.15, -0.1) is 11.8 Å². The lowest BCUT2D eigenvalue weighted by atomic mass is 9.98.